The normalized spacial score (nSPS) is 15.6. The summed E-state index contributed by atoms with van der Waals surface area (Å²) >= 11 is 14.8. The fourth-order valence-corrected chi connectivity index (χ4v) is 5.94. The summed E-state index contributed by atoms with van der Waals surface area (Å²) in [5, 5.41) is 19.8. The zero-order valence-electron chi connectivity index (χ0n) is 18.9. The van der Waals surface area contributed by atoms with E-state index in [4.69, 9.17) is 27.6 Å². The molecule has 5 rings (SSSR count). The number of rotatable bonds is 7. The summed E-state index contributed by atoms with van der Waals surface area (Å²) in [5.41, 5.74) is 1.15. The third-order valence-electron chi connectivity index (χ3n) is 5.55. The van der Waals surface area contributed by atoms with Crippen LogP contribution in [0.4, 0.5) is 9.52 Å². The summed E-state index contributed by atoms with van der Waals surface area (Å²) in [6.45, 7) is 1.68. The summed E-state index contributed by atoms with van der Waals surface area (Å²) in [7, 11) is 0. The Balaban J connectivity index is 1.51. The largest absolute Gasteiger partial charge is 0.503 e. The summed E-state index contributed by atoms with van der Waals surface area (Å²) in [6.07, 6.45) is 0. The van der Waals surface area contributed by atoms with Crippen molar-refractivity contribution in [1.82, 2.24) is 10.2 Å². The van der Waals surface area contributed by atoms with E-state index >= 15 is 0 Å². The van der Waals surface area contributed by atoms with Crippen LogP contribution in [0.25, 0.3) is 0 Å². The molecule has 0 spiro atoms. The number of hydrogen-bond donors (Lipinski definition) is 1. The van der Waals surface area contributed by atoms with Crippen molar-refractivity contribution in [3.05, 3.63) is 104 Å². The Hall–Kier alpha value is -3.18. The number of aryl methyl sites for hydroxylation is 1. The minimum absolute atomic E-state index is 0.0217. The second kappa shape index (κ2) is 10.3. The van der Waals surface area contributed by atoms with Crippen LogP contribution in [0.3, 0.4) is 0 Å². The van der Waals surface area contributed by atoms with Crippen LogP contribution in [0.15, 0.2) is 74.7 Å². The number of carbonyl (C=O) groups excluding carboxylic acids is 2. The Morgan fingerprint density at radius 2 is 1.89 bits per heavy atom. The average Bonchev–Trinajstić information content (AvgIpc) is 3.59. The van der Waals surface area contributed by atoms with Gasteiger partial charge in [-0.15, -0.1) is 10.2 Å². The van der Waals surface area contributed by atoms with Gasteiger partial charge in [-0.25, -0.2) is 4.39 Å². The van der Waals surface area contributed by atoms with Crippen molar-refractivity contribution in [2.24, 2.45) is 0 Å². The van der Waals surface area contributed by atoms with Crippen LogP contribution in [-0.2, 0) is 10.5 Å². The van der Waals surface area contributed by atoms with E-state index in [2.05, 4.69) is 10.2 Å². The van der Waals surface area contributed by atoms with Gasteiger partial charge in [0.1, 0.15) is 11.6 Å². The van der Waals surface area contributed by atoms with E-state index in [1.54, 1.807) is 37.3 Å². The number of aliphatic hydroxyl groups is 1. The van der Waals surface area contributed by atoms with E-state index in [-0.39, 0.29) is 27.3 Å². The molecule has 0 fully saturated rings. The summed E-state index contributed by atoms with van der Waals surface area (Å²) < 4.78 is 19.2. The standard InChI is InChI=1S/C25H16Cl2FN3O4S2/c1-12-2-9-18(35-12)21(32)19-20(14-5-8-16(26)17(27)10-14)31(23(34)22(19)33)24-29-30-25(37-24)36-11-13-3-6-15(28)7-4-13/h2-10,20,33H,11H2,1H3. The number of hydrogen-bond acceptors (Lipinski definition) is 8. The van der Waals surface area contributed by atoms with Crippen LogP contribution < -0.4 is 4.90 Å². The number of ketones is 1. The molecule has 1 amide bonds. The minimum Gasteiger partial charge on any atom is -0.503 e. The van der Waals surface area contributed by atoms with Gasteiger partial charge >= 0.3 is 0 Å². The lowest BCUT2D eigenvalue weighted by atomic mass is 9.95. The van der Waals surface area contributed by atoms with E-state index in [0.29, 0.717) is 26.4 Å². The van der Waals surface area contributed by atoms with Crippen LogP contribution in [0.2, 0.25) is 10.0 Å². The van der Waals surface area contributed by atoms with Crippen molar-refractivity contribution in [2.45, 2.75) is 23.1 Å². The predicted molar refractivity (Wildman–Crippen MR) is 140 cm³/mol. The molecule has 188 valence electrons. The molecular formula is C25H16Cl2FN3O4S2. The average molecular weight is 576 g/mol. The number of benzene rings is 2. The van der Waals surface area contributed by atoms with Gasteiger partial charge < -0.3 is 9.52 Å². The van der Waals surface area contributed by atoms with Crippen LogP contribution in [0.1, 0.15) is 33.5 Å². The molecular weight excluding hydrogens is 560 g/mol. The number of amides is 1. The van der Waals surface area contributed by atoms with Gasteiger partial charge in [-0.2, -0.15) is 0 Å². The molecule has 7 nitrogen and oxygen atoms in total. The second-order valence-corrected chi connectivity index (χ2v) is 11.0. The Bertz CT molecular complexity index is 1550. The summed E-state index contributed by atoms with van der Waals surface area (Å²) in [6, 6.07) is 12.8. The van der Waals surface area contributed by atoms with Gasteiger partial charge in [-0.3, -0.25) is 14.5 Å². The van der Waals surface area contributed by atoms with Gasteiger partial charge in [0.15, 0.2) is 15.9 Å². The van der Waals surface area contributed by atoms with Crippen molar-refractivity contribution < 1.29 is 23.5 Å². The molecule has 2 aromatic heterocycles. The van der Waals surface area contributed by atoms with Crippen molar-refractivity contribution in [1.29, 1.82) is 0 Å². The maximum Gasteiger partial charge on any atom is 0.296 e. The molecule has 0 radical (unpaired) electrons. The van der Waals surface area contributed by atoms with Crippen LogP contribution >= 0.6 is 46.3 Å². The molecule has 0 bridgehead atoms. The lowest BCUT2D eigenvalue weighted by Gasteiger charge is -2.24. The SMILES string of the molecule is Cc1ccc(C(=O)C2=C(O)C(=O)N(c3nnc(SCc4ccc(F)cc4)s3)C2c2ccc(Cl)c(Cl)c2)o1. The fraction of sp³-hybridized carbons (Fsp3) is 0.120. The monoisotopic (exact) mass is 575 g/mol. The first-order valence-corrected chi connectivity index (χ1v) is 13.3. The molecule has 0 aliphatic carbocycles. The predicted octanol–water partition coefficient (Wildman–Crippen LogP) is 6.96. The van der Waals surface area contributed by atoms with E-state index in [0.717, 1.165) is 16.9 Å². The minimum atomic E-state index is -1.05. The third kappa shape index (κ3) is 5.02. The highest BCUT2D eigenvalue weighted by Crippen LogP contribution is 2.45. The van der Waals surface area contributed by atoms with Crippen LogP contribution in [0.5, 0.6) is 0 Å². The number of anilines is 1. The maximum atomic E-state index is 13.4. The molecule has 1 N–H and O–H groups in total. The molecule has 1 aliphatic rings. The first-order chi connectivity index (χ1) is 17.7. The van der Waals surface area contributed by atoms with E-state index in [1.807, 2.05) is 0 Å². The number of thioether (sulfide) groups is 1. The van der Waals surface area contributed by atoms with Crippen molar-refractivity contribution >= 4 is 63.1 Å². The quantitative estimate of drug-likeness (QED) is 0.144. The summed E-state index contributed by atoms with van der Waals surface area (Å²) in [4.78, 5) is 27.9. The first kappa shape index (κ1) is 25.5. The van der Waals surface area contributed by atoms with Crippen molar-refractivity contribution in [3.8, 4) is 0 Å². The zero-order chi connectivity index (χ0) is 26.3. The van der Waals surface area contributed by atoms with Gasteiger partial charge in [-0.05, 0) is 54.4 Å². The molecule has 2 aromatic carbocycles. The molecule has 4 aromatic rings. The zero-order valence-corrected chi connectivity index (χ0v) is 22.1. The highest BCUT2D eigenvalue weighted by Gasteiger charge is 2.46. The molecule has 1 unspecified atom stereocenters. The highest BCUT2D eigenvalue weighted by molar-refractivity contribution is 8.00. The lowest BCUT2D eigenvalue weighted by Crippen LogP contribution is -2.31. The Kier molecular flexibility index (Phi) is 7.09. The fourth-order valence-electron chi connectivity index (χ4n) is 3.81. The maximum absolute atomic E-state index is 13.4. The van der Waals surface area contributed by atoms with Crippen molar-refractivity contribution in [2.75, 3.05) is 4.90 Å². The molecule has 0 saturated heterocycles. The van der Waals surface area contributed by atoms with E-state index in [1.165, 1.54) is 40.9 Å². The van der Waals surface area contributed by atoms with Gasteiger partial charge in [0.25, 0.3) is 5.91 Å². The Morgan fingerprint density at radius 1 is 1.14 bits per heavy atom. The second-order valence-electron chi connectivity index (χ2n) is 8.02. The lowest BCUT2D eigenvalue weighted by molar-refractivity contribution is -0.117. The van der Waals surface area contributed by atoms with Gasteiger partial charge in [0.2, 0.25) is 10.9 Å². The van der Waals surface area contributed by atoms with E-state index in [9.17, 15) is 19.1 Å². The third-order valence-corrected chi connectivity index (χ3v) is 8.42. The van der Waals surface area contributed by atoms with Gasteiger partial charge in [-0.1, -0.05) is 64.5 Å². The topological polar surface area (TPSA) is 96.5 Å². The number of halogens is 3. The van der Waals surface area contributed by atoms with Gasteiger partial charge in [0, 0.05) is 5.75 Å². The number of aliphatic hydroxyl groups excluding tert-OH is 1. The van der Waals surface area contributed by atoms with Gasteiger partial charge in [0.05, 0.1) is 21.7 Å². The van der Waals surface area contributed by atoms with E-state index < -0.39 is 23.5 Å². The van der Waals surface area contributed by atoms with Crippen molar-refractivity contribution in [3.63, 3.8) is 0 Å². The molecule has 3 heterocycles. The highest BCUT2D eigenvalue weighted by atomic mass is 35.5. The Morgan fingerprint density at radius 3 is 2.57 bits per heavy atom. The number of furan rings is 1. The number of aromatic nitrogens is 2. The summed E-state index contributed by atoms with van der Waals surface area (Å²) in [5.74, 6) is -1.51. The van der Waals surface area contributed by atoms with Crippen LogP contribution in [0, 0.1) is 12.7 Å². The number of nitrogens with zero attached hydrogens (tertiary/aromatic N) is 3. The molecule has 37 heavy (non-hydrogen) atoms. The number of carbonyl (C=O) groups is 2. The van der Waals surface area contributed by atoms with Crippen LogP contribution in [-0.4, -0.2) is 27.0 Å². The molecule has 0 saturated carbocycles. The Labute approximate surface area is 228 Å². The molecule has 1 aliphatic heterocycles. The molecule has 12 heteroatoms. The number of Topliss-reactive ketones (excluding diaryl/α,β-unsaturated/α-hetero) is 1. The smallest absolute Gasteiger partial charge is 0.296 e. The first-order valence-electron chi connectivity index (χ1n) is 10.8. The molecule has 1 atom stereocenters.